The Hall–Kier alpha value is -0.620. The molecule has 0 unspecified atom stereocenters. The van der Waals surface area contributed by atoms with Crippen LogP contribution in [0.4, 0.5) is 0 Å². The molecule has 0 aromatic heterocycles. The van der Waals surface area contributed by atoms with Crippen LogP contribution in [0.2, 0.25) is 5.02 Å². The molecular formula is C10H12Cl+. The quantitative estimate of drug-likeness (QED) is 0.593. The van der Waals surface area contributed by atoms with Gasteiger partial charge in [-0.15, -0.1) is 0 Å². The maximum Gasteiger partial charge on any atom is 0.112 e. The minimum atomic E-state index is 0.865. The molecular weight excluding hydrogens is 156 g/mol. The Labute approximate surface area is 73.2 Å². The number of halogens is 1. The zero-order chi connectivity index (χ0) is 8.27. The molecule has 11 heavy (non-hydrogen) atoms. The second kappa shape index (κ2) is 3.68. The van der Waals surface area contributed by atoms with Gasteiger partial charge in [0.2, 0.25) is 0 Å². The first-order valence-electron chi connectivity index (χ1n) is 3.77. The first-order chi connectivity index (χ1) is 5.24. The van der Waals surface area contributed by atoms with E-state index in [2.05, 4.69) is 18.6 Å². The molecule has 1 rings (SSSR count). The van der Waals surface area contributed by atoms with Crippen molar-refractivity contribution in [2.45, 2.75) is 20.3 Å². The molecule has 0 fully saturated rings. The van der Waals surface area contributed by atoms with Gasteiger partial charge < -0.3 is 0 Å². The van der Waals surface area contributed by atoms with Crippen LogP contribution in [-0.4, -0.2) is 0 Å². The number of hydrogen-bond donors (Lipinski definition) is 0. The number of rotatable bonds is 2. The van der Waals surface area contributed by atoms with E-state index in [1.165, 1.54) is 5.56 Å². The van der Waals surface area contributed by atoms with Gasteiger partial charge in [0.25, 0.3) is 0 Å². The van der Waals surface area contributed by atoms with Crippen molar-refractivity contribution >= 4 is 11.6 Å². The van der Waals surface area contributed by atoms with Gasteiger partial charge in [-0.25, -0.2) is 0 Å². The standard InChI is InChI=1S/C10H12Cl/c1-3-4-9-6-5-8(2)10(11)7-9/h3,5-7H,4H2,1-2H3/q+1. The Bertz CT molecular complexity index is 241. The average molecular weight is 168 g/mol. The molecule has 0 bridgehead atoms. The fourth-order valence-electron chi connectivity index (χ4n) is 0.999. The lowest BCUT2D eigenvalue weighted by Crippen LogP contribution is -1.84. The van der Waals surface area contributed by atoms with Crippen LogP contribution < -0.4 is 0 Å². The summed E-state index contributed by atoms with van der Waals surface area (Å²) < 4.78 is 0. The van der Waals surface area contributed by atoms with Gasteiger partial charge in [0.1, 0.15) is 6.42 Å². The van der Waals surface area contributed by atoms with E-state index in [9.17, 15) is 0 Å². The van der Waals surface area contributed by atoms with Gasteiger partial charge in [0.05, 0.1) is 13.3 Å². The first kappa shape index (κ1) is 8.48. The van der Waals surface area contributed by atoms with Crippen molar-refractivity contribution in [3.63, 3.8) is 0 Å². The van der Waals surface area contributed by atoms with Gasteiger partial charge in [0, 0.05) is 5.02 Å². The van der Waals surface area contributed by atoms with Gasteiger partial charge in [-0.3, -0.25) is 0 Å². The van der Waals surface area contributed by atoms with Crippen molar-refractivity contribution in [1.82, 2.24) is 0 Å². The zero-order valence-electron chi connectivity index (χ0n) is 6.89. The van der Waals surface area contributed by atoms with Crippen molar-refractivity contribution in [2.75, 3.05) is 0 Å². The summed E-state index contributed by atoms with van der Waals surface area (Å²) in [4.78, 5) is 0. The van der Waals surface area contributed by atoms with Crippen LogP contribution in [-0.2, 0) is 6.42 Å². The maximum atomic E-state index is 5.94. The third kappa shape index (κ3) is 2.16. The Balaban J connectivity index is 2.86. The lowest BCUT2D eigenvalue weighted by molar-refractivity contribution is 1.14. The van der Waals surface area contributed by atoms with E-state index in [0.717, 1.165) is 17.0 Å². The molecule has 0 N–H and O–H groups in total. The monoisotopic (exact) mass is 167 g/mol. The van der Waals surface area contributed by atoms with Crippen molar-refractivity contribution in [1.29, 1.82) is 0 Å². The zero-order valence-corrected chi connectivity index (χ0v) is 7.65. The number of hydrogen-bond acceptors (Lipinski definition) is 0. The molecule has 0 atom stereocenters. The van der Waals surface area contributed by atoms with Crippen LogP contribution in [0.1, 0.15) is 18.1 Å². The topological polar surface area (TPSA) is 0 Å². The van der Waals surface area contributed by atoms with Crippen molar-refractivity contribution in [3.05, 3.63) is 40.8 Å². The molecule has 58 valence electrons. The van der Waals surface area contributed by atoms with Crippen LogP contribution >= 0.6 is 11.6 Å². The predicted molar refractivity (Wildman–Crippen MR) is 49.9 cm³/mol. The van der Waals surface area contributed by atoms with Gasteiger partial charge in [-0.1, -0.05) is 23.7 Å². The van der Waals surface area contributed by atoms with Crippen molar-refractivity contribution < 1.29 is 0 Å². The van der Waals surface area contributed by atoms with Gasteiger partial charge in [-0.05, 0) is 24.1 Å². The lowest BCUT2D eigenvalue weighted by Gasteiger charge is -1.98. The highest BCUT2D eigenvalue weighted by Gasteiger charge is 1.99. The summed E-state index contributed by atoms with van der Waals surface area (Å²) in [5.41, 5.74) is 2.43. The highest BCUT2D eigenvalue weighted by Crippen LogP contribution is 2.17. The largest absolute Gasteiger partial charge is 0.112 e. The lowest BCUT2D eigenvalue weighted by atomic mass is 10.1. The molecule has 0 amide bonds. The molecule has 1 aromatic rings. The normalized spacial score (nSPS) is 9.73. The molecule has 0 aliphatic carbocycles. The highest BCUT2D eigenvalue weighted by atomic mass is 35.5. The van der Waals surface area contributed by atoms with Crippen LogP contribution in [0, 0.1) is 13.3 Å². The number of benzene rings is 1. The van der Waals surface area contributed by atoms with E-state index in [4.69, 9.17) is 11.6 Å². The molecule has 0 radical (unpaired) electrons. The van der Waals surface area contributed by atoms with E-state index < -0.39 is 0 Å². The third-order valence-corrected chi connectivity index (χ3v) is 2.08. The smallest absolute Gasteiger partial charge is 0.0840 e. The molecule has 0 aliphatic heterocycles. The molecule has 0 aliphatic rings. The second-order valence-corrected chi connectivity index (χ2v) is 3.10. The summed E-state index contributed by atoms with van der Waals surface area (Å²) in [6, 6.07) is 6.19. The second-order valence-electron chi connectivity index (χ2n) is 2.70. The van der Waals surface area contributed by atoms with Crippen LogP contribution in [0.25, 0.3) is 0 Å². The predicted octanol–water partition coefficient (Wildman–Crippen LogP) is 3.42. The third-order valence-electron chi connectivity index (χ3n) is 1.68. The van der Waals surface area contributed by atoms with E-state index in [0.29, 0.717) is 0 Å². The molecule has 0 nitrogen and oxygen atoms in total. The summed E-state index contributed by atoms with van der Waals surface area (Å²) in [5, 5.41) is 0.865. The fourth-order valence-corrected chi connectivity index (χ4v) is 1.20. The summed E-state index contributed by atoms with van der Waals surface area (Å²) in [5.74, 6) is 0. The van der Waals surface area contributed by atoms with Gasteiger partial charge in [-0.2, -0.15) is 0 Å². The minimum Gasteiger partial charge on any atom is -0.0840 e. The Morgan fingerprint density at radius 3 is 2.73 bits per heavy atom. The summed E-state index contributed by atoms with van der Waals surface area (Å²) >= 11 is 5.94. The fraction of sp³-hybridized carbons (Fsp3) is 0.300. The summed E-state index contributed by atoms with van der Waals surface area (Å²) in [6.07, 6.45) is 3.13. The Morgan fingerprint density at radius 1 is 1.45 bits per heavy atom. The van der Waals surface area contributed by atoms with Gasteiger partial charge >= 0.3 is 0 Å². The van der Waals surface area contributed by atoms with Crippen LogP contribution in [0.5, 0.6) is 0 Å². The Kier molecular flexibility index (Phi) is 2.84. The van der Waals surface area contributed by atoms with Crippen LogP contribution in [0.15, 0.2) is 18.2 Å². The summed E-state index contributed by atoms with van der Waals surface area (Å²) in [6.45, 7) is 4.07. The molecule has 0 saturated carbocycles. The van der Waals surface area contributed by atoms with E-state index in [-0.39, 0.29) is 0 Å². The average Bonchev–Trinajstić information content (AvgIpc) is 1.98. The molecule has 0 heterocycles. The van der Waals surface area contributed by atoms with E-state index in [1.54, 1.807) is 0 Å². The van der Waals surface area contributed by atoms with E-state index in [1.807, 2.05) is 19.9 Å². The van der Waals surface area contributed by atoms with Crippen molar-refractivity contribution in [2.24, 2.45) is 0 Å². The minimum absolute atomic E-state index is 0.865. The molecule has 1 aromatic carbocycles. The molecule has 0 spiro atoms. The van der Waals surface area contributed by atoms with Crippen molar-refractivity contribution in [3.8, 4) is 0 Å². The maximum absolute atomic E-state index is 5.94. The SMILES string of the molecule is C[CH+]Cc1ccc(C)c(Cl)c1. The highest BCUT2D eigenvalue weighted by molar-refractivity contribution is 6.31. The Morgan fingerprint density at radius 2 is 2.18 bits per heavy atom. The first-order valence-corrected chi connectivity index (χ1v) is 4.14. The van der Waals surface area contributed by atoms with Gasteiger partial charge in [0.15, 0.2) is 0 Å². The molecule has 1 heteroatoms. The molecule has 0 saturated heterocycles. The van der Waals surface area contributed by atoms with E-state index >= 15 is 0 Å². The van der Waals surface area contributed by atoms with Crippen LogP contribution in [0.3, 0.4) is 0 Å². The summed E-state index contributed by atoms with van der Waals surface area (Å²) in [7, 11) is 0. The number of aryl methyl sites for hydroxylation is 1.